The summed E-state index contributed by atoms with van der Waals surface area (Å²) in [5, 5.41) is 0. The number of aromatic nitrogens is 1. The number of carbonyl (C=O) groups is 1. The second kappa shape index (κ2) is 10.3. The first kappa shape index (κ1) is 21.2. The molecule has 1 saturated heterocycles. The van der Waals surface area contributed by atoms with Gasteiger partial charge in [-0.1, -0.05) is 48.5 Å². The Hall–Kier alpha value is -3.05. The summed E-state index contributed by atoms with van der Waals surface area (Å²) in [5.41, 5.74) is 3.18. The Labute approximate surface area is 183 Å². The maximum Gasteiger partial charge on any atom is 0.227 e. The summed E-state index contributed by atoms with van der Waals surface area (Å²) in [6.07, 6.45) is 2.97. The summed E-state index contributed by atoms with van der Waals surface area (Å²) in [4.78, 5) is 22.0. The molecule has 1 aromatic heterocycles. The Kier molecular flexibility index (Phi) is 7.05. The Balaban J connectivity index is 1.47. The highest BCUT2D eigenvalue weighted by Gasteiger charge is 2.26. The molecule has 1 amide bonds. The van der Waals surface area contributed by atoms with E-state index < -0.39 is 0 Å². The fraction of sp³-hybridized carbons (Fsp3) is 0.308. The molecule has 3 aromatic rings. The molecule has 2 heterocycles. The predicted molar refractivity (Wildman–Crippen MR) is 120 cm³/mol. The lowest BCUT2D eigenvalue weighted by atomic mass is 10.0. The Morgan fingerprint density at radius 2 is 1.68 bits per heavy atom. The standard InChI is InChI=1S/C26H28FN3O/c27-24-11-9-21(10-12-24)17-26(31)30-15-14-29(18-22-6-2-1-3-7-22)19-23(20-30)16-25-8-4-5-13-28-25/h1-13,23H,14-20H2/t23-/m0/s1. The first-order valence-electron chi connectivity index (χ1n) is 10.8. The third-order valence-corrected chi connectivity index (χ3v) is 5.78. The van der Waals surface area contributed by atoms with Crippen molar-refractivity contribution in [2.75, 3.05) is 26.2 Å². The minimum Gasteiger partial charge on any atom is -0.341 e. The van der Waals surface area contributed by atoms with Crippen LogP contribution in [0.3, 0.4) is 0 Å². The van der Waals surface area contributed by atoms with Gasteiger partial charge >= 0.3 is 0 Å². The van der Waals surface area contributed by atoms with E-state index in [1.165, 1.54) is 17.7 Å². The molecular weight excluding hydrogens is 389 g/mol. The molecule has 2 aromatic carbocycles. The molecule has 1 atom stereocenters. The molecule has 5 heteroatoms. The monoisotopic (exact) mass is 417 g/mol. The average molecular weight is 418 g/mol. The van der Waals surface area contributed by atoms with Crippen molar-refractivity contribution in [2.24, 2.45) is 5.92 Å². The van der Waals surface area contributed by atoms with Crippen LogP contribution in [0.15, 0.2) is 79.0 Å². The Morgan fingerprint density at radius 1 is 0.903 bits per heavy atom. The summed E-state index contributed by atoms with van der Waals surface area (Å²) >= 11 is 0. The third-order valence-electron chi connectivity index (χ3n) is 5.78. The molecular formula is C26H28FN3O. The molecule has 1 fully saturated rings. The average Bonchev–Trinajstić information content (AvgIpc) is 2.99. The van der Waals surface area contributed by atoms with Crippen LogP contribution in [-0.4, -0.2) is 46.9 Å². The van der Waals surface area contributed by atoms with Gasteiger partial charge in [-0.05, 0) is 47.7 Å². The zero-order valence-corrected chi connectivity index (χ0v) is 17.7. The van der Waals surface area contributed by atoms with Gasteiger partial charge in [0.2, 0.25) is 5.91 Å². The van der Waals surface area contributed by atoms with Gasteiger partial charge in [0, 0.05) is 44.6 Å². The molecule has 160 valence electrons. The zero-order valence-electron chi connectivity index (χ0n) is 17.7. The minimum atomic E-state index is -0.280. The summed E-state index contributed by atoms with van der Waals surface area (Å²) in [5.74, 6) is 0.121. The van der Waals surface area contributed by atoms with E-state index >= 15 is 0 Å². The number of hydrogen-bond acceptors (Lipinski definition) is 3. The van der Waals surface area contributed by atoms with Crippen molar-refractivity contribution < 1.29 is 9.18 Å². The van der Waals surface area contributed by atoms with Crippen LogP contribution in [0, 0.1) is 11.7 Å². The molecule has 4 rings (SSSR count). The van der Waals surface area contributed by atoms with Gasteiger partial charge in [-0.25, -0.2) is 4.39 Å². The lowest BCUT2D eigenvalue weighted by Gasteiger charge is -2.24. The summed E-state index contributed by atoms with van der Waals surface area (Å²) < 4.78 is 13.2. The highest BCUT2D eigenvalue weighted by molar-refractivity contribution is 5.78. The fourth-order valence-corrected chi connectivity index (χ4v) is 4.22. The van der Waals surface area contributed by atoms with Gasteiger partial charge in [-0.15, -0.1) is 0 Å². The van der Waals surface area contributed by atoms with Crippen LogP contribution < -0.4 is 0 Å². The van der Waals surface area contributed by atoms with Crippen LogP contribution in [-0.2, 0) is 24.2 Å². The van der Waals surface area contributed by atoms with Crippen molar-refractivity contribution in [1.82, 2.24) is 14.8 Å². The quantitative estimate of drug-likeness (QED) is 0.609. The third kappa shape index (κ3) is 6.22. The largest absolute Gasteiger partial charge is 0.341 e. The van der Waals surface area contributed by atoms with Crippen LogP contribution in [0.5, 0.6) is 0 Å². The number of nitrogens with zero attached hydrogens (tertiary/aromatic N) is 3. The van der Waals surface area contributed by atoms with E-state index in [1.54, 1.807) is 12.1 Å². The van der Waals surface area contributed by atoms with Crippen molar-refractivity contribution in [3.63, 3.8) is 0 Å². The first-order valence-corrected chi connectivity index (χ1v) is 10.8. The van der Waals surface area contributed by atoms with E-state index in [1.807, 2.05) is 29.3 Å². The lowest BCUT2D eigenvalue weighted by molar-refractivity contribution is -0.130. The second-order valence-electron chi connectivity index (χ2n) is 8.25. The molecule has 0 unspecified atom stereocenters. The van der Waals surface area contributed by atoms with E-state index in [0.717, 1.165) is 37.3 Å². The molecule has 1 aliphatic rings. The maximum absolute atomic E-state index is 13.2. The van der Waals surface area contributed by atoms with Crippen LogP contribution in [0.2, 0.25) is 0 Å². The predicted octanol–water partition coefficient (Wildman–Crippen LogP) is 3.97. The van der Waals surface area contributed by atoms with Crippen molar-refractivity contribution in [1.29, 1.82) is 0 Å². The summed E-state index contributed by atoms with van der Waals surface area (Å²) in [6, 6.07) is 22.7. The fourth-order valence-electron chi connectivity index (χ4n) is 4.22. The summed E-state index contributed by atoms with van der Waals surface area (Å²) in [7, 11) is 0. The highest BCUT2D eigenvalue weighted by atomic mass is 19.1. The van der Waals surface area contributed by atoms with E-state index in [0.29, 0.717) is 25.4 Å². The Morgan fingerprint density at radius 3 is 2.42 bits per heavy atom. The van der Waals surface area contributed by atoms with Crippen molar-refractivity contribution >= 4 is 5.91 Å². The number of carbonyl (C=O) groups excluding carboxylic acids is 1. The number of benzene rings is 2. The van der Waals surface area contributed by atoms with Crippen molar-refractivity contribution in [3.05, 3.63) is 102 Å². The van der Waals surface area contributed by atoms with Gasteiger partial charge < -0.3 is 4.90 Å². The molecule has 0 bridgehead atoms. The van der Waals surface area contributed by atoms with Gasteiger partial charge in [-0.3, -0.25) is 14.7 Å². The molecule has 0 aliphatic carbocycles. The molecule has 0 saturated carbocycles. The number of amides is 1. The topological polar surface area (TPSA) is 36.4 Å². The number of hydrogen-bond donors (Lipinski definition) is 0. The van der Waals surface area contributed by atoms with Crippen molar-refractivity contribution in [2.45, 2.75) is 19.4 Å². The maximum atomic E-state index is 13.2. The summed E-state index contributed by atoms with van der Waals surface area (Å²) in [6.45, 7) is 4.04. The first-order chi connectivity index (χ1) is 15.2. The normalized spacial score (nSPS) is 17.3. The van der Waals surface area contributed by atoms with Crippen LogP contribution >= 0.6 is 0 Å². The number of halogens is 1. The SMILES string of the molecule is O=C(Cc1ccc(F)cc1)N1CCN(Cc2ccccc2)C[C@H](Cc2ccccn2)C1. The smallest absolute Gasteiger partial charge is 0.227 e. The number of pyridine rings is 1. The molecule has 31 heavy (non-hydrogen) atoms. The van der Waals surface area contributed by atoms with E-state index in [4.69, 9.17) is 0 Å². The zero-order chi connectivity index (χ0) is 21.5. The highest BCUT2D eigenvalue weighted by Crippen LogP contribution is 2.18. The molecule has 4 nitrogen and oxygen atoms in total. The minimum absolute atomic E-state index is 0.0965. The number of rotatable bonds is 6. The van der Waals surface area contributed by atoms with Crippen LogP contribution in [0.25, 0.3) is 0 Å². The molecule has 0 radical (unpaired) electrons. The lowest BCUT2D eigenvalue weighted by Crippen LogP contribution is -2.37. The molecule has 1 aliphatic heterocycles. The Bertz CT molecular complexity index is 963. The van der Waals surface area contributed by atoms with Gasteiger partial charge in [-0.2, -0.15) is 0 Å². The van der Waals surface area contributed by atoms with E-state index in [2.05, 4.69) is 40.2 Å². The molecule has 0 N–H and O–H groups in total. The van der Waals surface area contributed by atoms with Crippen molar-refractivity contribution in [3.8, 4) is 0 Å². The van der Waals surface area contributed by atoms with Crippen LogP contribution in [0.1, 0.15) is 16.8 Å². The van der Waals surface area contributed by atoms with Gasteiger partial charge in [0.1, 0.15) is 5.82 Å². The van der Waals surface area contributed by atoms with Gasteiger partial charge in [0.05, 0.1) is 6.42 Å². The van der Waals surface area contributed by atoms with E-state index in [-0.39, 0.29) is 11.7 Å². The van der Waals surface area contributed by atoms with Crippen LogP contribution in [0.4, 0.5) is 4.39 Å². The second-order valence-corrected chi connectivity index (χ2v) is 8.25. The van der Waals surface area contributed by atoms with E-state index in [9.17, 15) is 9.18 Å². The van der Waals surface area contributed by atoms with Gasteiger partial charge in [0.25, 0.3) is 0 Å². The molecule has 0 spiro atoms. The van der Waals surface area contributed by atoms with Gasteiger partial charge in [0.15, 0.2) is 0 Å².